The van der Waals surface area contributed by atoms with Crippen LogP contribution < -0.4 is 4.72 Å². The molecule has 7 heteroatoms. The number of oxazole rings is 1. The highest BCUT2D eigenvalue weighted by Crippen LogP contribution is 2.22. The molecule has 0 amide bonds. The Bertz CT molecular complexity index is 888. The predicted octanol–water partition coefficient (Wildman–Crippen LogP) is 2.52. The number of nitrogens with one attached hydrogen (secondary N) is 1. The van der Waals surface area contributed by atoms with Gasteiger partial charge in [-0.25, -0.2) is 18.1 Å². The first-order valence-electron chi connectivity index (χ1n) is 6.96. The van der Waals surface area contributed by atoms with E-state index in [1.165, 1.54) is 0 Å². The summed E-state index contributed by atoms with van der Waals surface area (Å²) in [5.74, 6) is 1.17. The van der Waals surface area contributed by atoms with E-state index in [9.17, 15) is 8.42 Å². The van der Waals surface area contributed by atoms with Crippen LogP contribution in [0.3, 0.4) is 0 Å². The zero-order chi connectivity index (χ0) is 16.3. The first-order chi connectivity index (χ1) is 11.0. The average molecular weight is 329 g/mol. The summed E-state index contributed by atoms with van der Waals surface area (Å²) in [4.78, 5) is 8.17. The highest BCUT2D eigenvalue weighted by atomic mass is 32.2. The molecule has 3 aromatic rings. The van der Waals surface area contributed by atoms with E-state index in [-0.39, 0.29) is 11.4 Å². The zero-order valence-electron chi connectivity index (χ0n) is 12.4. The number of aryl methyl sites for hydroxylation is 1. The topological polar surface area (TPSA) is 85.1 Å². The first kappa shape index (κ1) is 15.4. The van der Waals surface area contributed by atoms with E-state index in [2.05, 4.69) is 14.7 Å². The van der Waals surface area contributed by atoms with Gasteiger partial charge in [0.1, 0.15) is 0 Å². The van der Waals surface area contributed by atoms with Gasteiger partial charge in [0, 0.05) is 31.4 Å². The number of sulfonamides is 1. The van der Waals surface area contributed by atoms with Crippen molar-refractivity contribution in [3.8, 4) is 11.3 Å². The van der Waals surface area contributed by atoms with Crippen molar-refractivity contribution in [2.24, 2.45) is 0 Å². The molecule has 0 aliphatic heterocycles. The molecule has 0 unspecified atom stereocenters. The van der Waals surface area contributed by atoms with Crippen molar-refractivity contribution in [3.63, 3.8) is 0 Å². The third kappa shape index (κ3) is 3.64. The lowest BCUT2D eigenvalue weighted by Crippen LogP contribution is -2.23. The summed E-state index contributed by atoms with van der Waals surface area (Å²) >= 11 is 0. The maximum absolute atomic E-state index is 12.3. The van der Waals surface area contributed by atoms with Gasteiger partial charge in [-0.2, -0.15) is 0 Å². The molecule has 23 heavy (non-hydrogen) atoms. The quantitative estimate of drug-likeness (QED) is 0.777. The van der Waals surface area contributed by atoms with Crippen LogP contribution in [0.5, 0.6) is 0 Å². The van der Waals surface area contributed by atoms with Crippen molar-refractivity contribution in [3.05, 3.63) is 66.4 Å². The van der Waals surface area contributed by atoms with Gasteiger partial charge in [-0.15, -0.1) is 0 Å². The summed E-state index contributed by atoms with van der Waals surface area (Å²) in [6.45, 7) is 1.95. The average Bonchev–Trinajstić information content (AvgIpc) is 3.01. The molecule has 0 fully saturated rings. The van der Waals surface area contributed by atoms with Gasteiger partial charge in [0.25, 0.3) is 0 Å². The number of pyridine rings is 1. The van der Waals surface area contributed by atoms with E-state index in [4.69, 9.17) is 4.42 Å². The van der Waals surface area contributed by atoms with Gasteiger partial charge >= 0.3 is 0 Å². The summed E-state index contributed by atoms with van der Waals surface area (Å²) in [7, 11) is -3.58. The zero-order valence-corrected chi connectivity index (χ0v) is 13.2. The molecule has 0 atom stereocenters. The molecule has 1 aromatic carbocycles. The molecule has 0 radical (unpaired) electrons. The van der Waals surface area contributed by atoms with E-state index < -0.39 is 10.0 Å². The highest BCUT2D eigenvalue weighted by Gasteiger charge is 2.14. The predicted molar refractivity (Wildman–Crippen MR) is 84.9 cm³/mol. The molecule has 6 nitrogen and oxygen atoms in total. The number of rotatable bonds is 5. The minimum Gasteiger partial charge on any atom is -0.441 e. The monoisotopic (exact) mass is 329 g/mol. The fourth-order valence-corrected chi connectivity index (χ4v) is 3.08. The Balaban J connectivity index is 1.75. The van der Waals surface area contributed by atoms with Crippen molar-refractivity contribution in [2.75, 3.05) is 0 Å². The molecule has 0 aliphatic rings. The lowest BCUT2D eigenvalue weighted by molar-refractivity contribution is 0.534. The first-order valence-corrected chi connectivity index (χ1v) is 8.44. The number of hydrogen-bond acceptors (Lipinski definition) is 5. The standard InChI is InChI=1S/C16H15N3O3S/c1-12-18-11-16(22-12)14-4-6-15(7-5-14)23(20,21)19-10-13-3-2-8-17-9-13/h2-9,11,19H,10H2,1H3. The Hall–Kier alpha value is -2.51. The van der Waals surface area contributed by atoms with Crippen molar-refractivity contribution < 1.29 is 12.8 Å². The number of benzene rings is 1. The van der Waals surface area contributed by atoms with Crippen LogP contribution in [0.15, 0.2) is 64.3 Å². The van der Waals surface area contributed by atoms with Gasteiger partial charge in [0.15, 0.2) is 11.7 Å². The number of hydrogen-bond donors (Lipinski definition) is 1. The fraction of sp³-hybridized carbons (Fsp3) is 0.125. The molecule has 2 heterocycles. The molecule has 0 aliphatic carbocycles. The smallest absolute Gasteiger partial charge is 0.240 e. The van der Waals surface area contributed by atoms with Crippen LogP contribution in [0.2, 0.25) is 0 Å². The van der Waals surface area contributed by atoms with Crippen molar-refractivity contribution >= 4 is 10.0 Å². The van der Waals surface area contributed by atoms with Crippen molar-refractivity contribution in [1.82, 2.24) is 14.7 Å². The second kappa shape index (κ2) is 6.31. The molecular weight excluding hydrogens is 314 g/mol. The van der Waals surface area contributed by atoms with Gasteiger partial charge in [0.05, 0.1) is 11.1 Å². The summed E-state index contributed by atoms with van der Waals surface area (Å²) in [5.41, 5.74) is 1.57. The molecule has 0 bridgehead atoms. The Morgan fingerprint density at radius 2 is 1.91 bits per heavy atom. The molecule has 2 aromatic heterocycles. The second-order valence-electron chi connectivity index (χ2n) is 4.95. The van der Waals surface area contributed by atoms with Crippen LogP contribution in [-0.2, 0) is 16.6 Å². The van der Waals surface area contributed by atoms with E-state index in [0.717, 1.165) is 11.1 Å². The van der Waals surface area contributed by atoms with E-state index >= 15 is 0 Å². The molecule has 1 N–H and O–H groups in total. The fourth-order valence-electron chi connectivity index (χ4n) is 2.06. The third-order valence-electron chi connectivity index (χ3n) is 3.26. The van der Waals surface area contributed by atoms with E-state index in [1.54, 1.807) is 55.8 Å². The van der Waals surface area contributed by atoms with Crippen molar-refractivity contribution in [1.29, 1.82) is 0 Å². The SMILES string of the molecule is Cc1ncc(-c2ccc(S(=O)(=O)NCc3cccnc3)cc2)o1. The Kier molecular flexibility index (Phi) is 4.22. The summed E-state index contributed by atoms with van der Waals surface area (Å²) in [5, 5.41) is 0. The van der Waals surface area contributed by atoms with Gasteiger partial charge in [-0.05, 0) is 35.9 Å². The van der Waals surface area contributed by atoms with Gasteiger partial charge in [-0.3, -0.25) is 4.98 Å². The second-order valence-corrected chi connectivity index (χ2v) is 6.72. The largest absolute Gasteiger partial charge is 0.441 e. The molecule has 0 saturated heterocycles. The van der Waals surface area contributed by atoms with E-state index in [0.29, 0.717) is 11.7 Å². The van der Waals surface area contributed by atoms with Crippen LogP contribution in [0, 0.1) is 6.92 Å². The van der Waals surface area contributed by atoms with Gasteiger partial charge in [0.2, 0.25) is 10.0 Å². The van der Waals surface area contributed by atoms with Crippen molar-refractivity contribution in [2.45, 2.75) is 18.4 Å². The van der Waals surface area contributed by atoms with Gasteiger partial charge in [-0.1, -0.05) is 6.07 Å². The maximum Gasteiger partial charge on any atom is 0.240 e. The Morgan fingerprint density at radius 1 is 1.13 bits per heavy atom. The minimum absolute atomic E-state index is 0.194. The molecular formula is C16H15N3O3S. The molecule has 3 rings (SSSR count). The van der Waals surface area contributed by atoms with E-state index in [1.807, 2.05) is 6.07 Å². The highest BCUT2D eigenvalue weighted by molar-refractivity contribution is 7.89. The van der Waals surface area contributed by atoms with Crippen LogP contribution in [0.1, 0.15) is 11.5 Å². The van der Waals surface area contributed by atoms with Crippen LogP contribution >= 0.6 is 0 Å². The van der Waals surface area contributed by atoms with Crippen LogP contribution in [0.25, 0.3) is 11.3 Å². The molecule has 0 saturated carbocycles. The summed E-state index contributed by atoms with van der Waals surface area (Å²) in [6, 6.07) is 10.0. The minimum atomic E-state index is -3.58. The number of nitrogens with zero attached hydrogens (tertiary/aromatic N) is 2. The lowest BCUT2D eigenvalue weighted by Gasteiger charge is -2.07. The molecule has 118 valence electrons. The normalized spacial score (nSPS) is 11.5. The van der Waals surface area contributed by atoms with Crippen LogP contribution in [-0.4, -0.2) is 18.4 Å². The molecule has 0 spiro atoms. The number of aromatic nitrogens is 2. The van der Waals surface area contributed by atoms with Gasteiger partial charge < -0.3 is 4.42 Å². The summed E-state index contributed by atoms with van der Waals surface area (Å²) in [6.07, 6.45) is 4.87. The maximum atomic E-state index is 12.3. The Labute approximate surface area is 134 Å². The summed E-state index contributed by atoms with van der Waals surface area (Å²) < 4.78 is 32.5. The van der Waals surface area contributed by atoms with Crippen LogP contribution in [0.4, 0.5) is 0 Å². The lowest BCUT2D eigenvalue weighted by atomic mass is 10.2. The Morgan fingerprint density at radius 3 is 2.52 bits per heavy atom. The third-order valence-corrected chi connectivity index (χ3v) is 4.68.